The van der Waals surface area contributed by atoms with Gasteiger partial charge >= 0.3 is 0 Å². The molecule has 4 nitrogen and oxygen atoms in total. The van der Waals surface area contributed by atoms with Crippen molar-refractivity contribution in [1.29, 1.82) is 0 Å². The molecule has 1 heterocycles. The maximum absolute atomic E-state index is 12.2. The molecule has 2 atom stereocenters. The summed E-state index contributed by atoms with van der Waals surface area (Å²) in [5.74, 6) is 0.171. The summed E-state index contributed by atoms with van der Waals surface area (Å²) in [5, 5.41) is 3.09. The molecule has 1 amide bonds. The fourth-order valence-corrected chi connectivity index (χ4v) is 3.43. The number of amides is 1. The minimum absolute atomic E-state index is 0.00241. The second-order valence-electron chi connectivity index (χ2n) is 6.50. The van der Waals surface area contributed by atoms with Gasteiger partial charge in [0, 0.05) is 18.6 Å². The summed E-state index contributed by atoms with van der Waals surface area (Å²) < 4.78 is 0. The highest BCUT2D eigenvalue weighted by molar-refractivity contribution is 5.80. The van der Waals surface area contributed by atoms with Crippen LogP contribution in [0.2, 0.25) is 0 Å². The summed E-state index contributed by atoms with van der Waals surface area (Å²) >= 11 is 0. The van der Waals surface area contributed by atoms with Gasteiger partial charge in [-0.05, 0) is 45.7 Å². The normalized spacial score (nSPS) is 33.1. The first-order chi connectivity index (χ1) is 9.09. The highest BCUT2D eigenvalue weighted by Crippen LogP contribution is 2.31. The summed E-state index contributed by atoms with van der Waals surface area (Å²) in [7, 11) is 0. The van der Waals surface area contributed by atoms with Crippen molar-refractivity contribution in [2.45, 2.75) is 57.4 Å². The van der Waals surface area contributed by atoms with Crippen LogP contribution in [0, 0.1) is 5.92 Å². The van der Waals surface area contributed by atoms with Crippen molar-refractivity contribution in [3.05, 3.63) is 0 Å². The Kier molecular flexibility index (Phi) is 5.22. The van der Waals surface area contributed by atoms with Crippen LogP contribution in [0.3, 0.4) is 0 Å². The van der Waals surface area contributed by atoms with E-state index in [9.17, 15) is 4.79 Å². The largest absolute Gasteiger partial charge is 0.355 e. The second-order valence-corrected chi connectivity index (χ2v) is 6.50. The molecule has 2 fully saturated rings. The van der Waals surface area contributed by atoms with E-state index < -0.39 is 0 Å². The number of rotatable bonds is 4. The standard InChI is InChI=1S/C15H29N3O/c1-15(16)8-4-3-7-13(15)14(19)17-9-12-18-10-5-2-6-11-18/h13H,2-12,16H2,1H3,(H,17,19). The van der Waals surface area contributed by atoms with E-state index >= 15 is 0 Å². The first kappa shape index (κ1) is 14.8. The predicted molar refractivity (Wildman–Crippen MR) is 77.9 cm³/mol. The smallest absolute Gasteiger partial charge is 0.225 e. The predicted octanol–water partition coefficient (Wildman–Crippen LogP) is 1.50. The SMILES string of the molecule is CC1(N)CCCCC1C(=O)NCCN1CCCCC1. The molecule has 0 aromatic rings. The van der Waals surface area contributed by atoms with Crippen LogP contribution in [0.5, 0.6) is 0 Å². The van der Waals surface area contributed by atoms with Crippen molar-refractivity contribution in [3.63, 3.8) is 0 Å². The van der Waals surface area contributed by atoms with E-state index in [-0.39, 0.29) is 17.4 Å². The first-order valence-electron chi connectivity index (χ1n) is 7.88. The lowest BCUT2D eigenvalue weighted by Gasteiger charge is -2.37. The second kappa shape index (κ2) is 6.71. The molecule has 110 valence electrons. The summed E-state index contributed by atoms with van der Waals surface area (Å²) in [6.07, 6.45) is 8.17. The Balaban J connectivity index is 1.71. The van der Waals surface area contributed by atoms with E-state index in [2.05, 4.69) is 10.2 Å². The number of carbonyl (C=O) groups excluding carboxylic acids is 1. The van der Waals surface area contributed by atoms with Crippen LogP contribution in [0.25, 0.3) is 0 Å². The zero-order valence-corrected chi connectivity index (χ0v) is 12.3. The van der Waals surface area contributed by atoms with Gasteiger partial charge in [0.25, 0.3) is 0 Å². The average Bonchev–Trinajstić information content (AvgIpc) is 2.39. The van der Waals surface area contributed by atoms with Gasteiger partial charge in [-0.15, -0.1) is 0 Å². The molecule has 1 saturated carbocycles. The molecule has 2 aliphatic rings. The summed E-state index contributed by atoms with van der Waals surface area (Å²) in [5.41, 5.74) is 5.95. The fourth-order valence-electron chi connectivity index (χ4n) is 3.43. The van der Waals surface area contributed by atoms with Gasteiger partial charge in [0.2, 0.25) is 5.91 Å². The number of nitrogens with one attached hydrogen (secondary N) is 1. The van der Waals surface area contributed by atoms with Gasteiger partial charge in [-0.25, -0.2) is 0 Å². The first-order valence-corrected chi connectivity index (χ1v) is 7.88. The van der Waals surface area contributed by atoms with Crippen LogP contribution in [0.4, 0.5) is 0 Å². The van der Waals surface area contributed by atoms with E-state index in [0.717, 1.165) is 38.8 Å². The Bertz CT molecular complexity index is 298. The third-order valence-corrected chi connectivity index (χ3v) is 4.75. The van der Waals surface area contributed by atoms with Crippen molar-refractivity contribution in [2.24, 2.45) is 11.7 Å². The molecule has 19 heavy (non-hydrogen) atoms. The van der Waals surface area contributed by atoms with Gasteiger partial charge in [0.15, 0.2) is 0 Å². The summed E-state index contributed by atoms with van der Waals surface area (Å²) in [6.45, 7) is 6.16. The lowest BCUT2D eigenvalue weighted by atomic mass is 9.74. The Labute approximate surface area is 117 Å². The number of nitrogens with zero attached hydrogens (tertiary/aromatic N) is 1. The Hall–Kier alpha value is -0.610. The summed E-state index contributed by atoms with van der Waals surface area (Å²) in [4.78, 5) is 14.7. The van der Waals surface area contributed by atoms with Gasteiger partial charge in [-0.3, -0.25) is 4.79 Å². The number of likely N-dealkylation sites (tertiary alicyclic amines) is 1. The van der Waals surface area contributed by atoms with Gasteiger partial charge in [0.05, 0.1) is 5.92 Å². The van der Waals surface area contributed by atoms with Crippen molar-refractivity contribution in [2.75, 3.05) is 26.2 Å². The van der Waals surface area contributed by atoms with Crippen molar-refractivity contribution >= 4 is 5.91 Å². The molecule has 4 heteroatoms. The number of hydrogen-bond donors (Lipinski definition) is 2. The third-order valence-electron chi connectivity index (χ3n) is 4.75. The molecule has 0 spiro atoms. The monoisotopic (exact) mass is 267 g/mol. The van der Waals surface area contributed by atoms with Gasteiger partial charge in [-0.1, -0.05) is 19.3 Å². The fraction of sp³-hybridized carbons (Fsp3) is 0.933. The topological polar surface area (TPSA) is 58.4 Å². The van der Waals surface area contributed by atoms with Crippen molar-refractivity contribution in [1.82, 2.24) is 10.2 Å². The maximum Gasteiger partial charge on any atom is 0.225 e. The highest BCUT2D eigenvalue weighted by atomic mass is 16.1. The van der Waals surface area contributed by atoms with E-state index in [1.165, 1.54) is 32.4 Å². The van der Waals surface area contributed by atoms with Crippen LogP contribution < -0.4 is 11.1 Å². The van der Waals surface area contributed by atoms with Crippen LogP contribution in [0.1, 0.15) is 51.9 Å². The Morgan fingerprint density at radius 2 is 2.00 bits per heavy atom. The molecule has 2 unspecified atom stereocenters. The number of piperidine rings is 1. The van der Waals surface area contributed by atoms with Crippen LogP contribution in [-0.4, -0.2) is 42.5 Å². The number of hydrogen-bond acceptors (Lipinski definition) is 3. The van der Waals surface area contributed by atoms with Gasteiger partial charge in [-0.2, -0.15) is 0 Å². The third kappa shape index (κ3) is 4.18. The van der Waals surface area contributed by atoms with Crippen LogP contribution in [0.15, 0.2) is 0 Å². The Morgan fingerprint density at radius 1 is 1.26 bits per heavy atom. The minimum Gasteiger partial charge on any atom is -0.355 e. The Morgan fingerprint density at radius 3 is 2.68 bits per heavy atom. The summed E-state index contributed by atoms with van der Waals surface area (Å²) in [6, 6.07) is 0. The van der Waals surface area contributed by atoms with Crippen LogP contribution >= 0.6 is 0 Å². The lowest BCUT2D eigenvalue weighted by Crippen LogP contribution is -2.53. The van der Waals surface area contributed by atoms with Crippen molar-refractivity contribution < 1.29 is 4.79 Å². The van der Waals surface area contributed by atoms with Crippen LogP contribution in [-0.2, 0) is 4.79 Å². The molecule has 2 rings (SSSR count). The lowest BCUT2D eigenvalue weighted by molar-refractivity contribution is -0.128. The number of carbonyl (C=O) groups is 1. The zero-order chi connectivity index (χ0) is 13.7. The average molecular weight is 267 g/mol. The molecule has 1 aliphatic carbocycles. The molecule has 3 N–H and O–H groups in total. The van der Waals surface area contributed by atoms with E-state index in [1.54, 1.807) is 0 Å². The van der Waals surface area contributed by atoms with E-state index in [4.69, 9.17) is 5.73 Å². The number of nitrogens with two attached hydrogens (primary N) is 1. The molecule has 0 aromatic carbocycles. The zero-order valence-electron chi connectivity index (χ0n) is 12.3. The molecular formula is C15H29N3O. The minimum atomic E-state index is -0.312. The van der Waals surface area contributed by atoms with Gasteiger partial charge in [0.1, 0.15) is 0 Å². The molecule has 0 aromatic heterocycles. The molecule has 0 bridgehead atoms. The molecular weight excluding hydrogens is 238 g/mol. The van der Waals surface area contributed by atoms with E-state index in [0.29, 0.717) is 0 Å². The molecule has 1 aliphatic heterocycles. The maximum atomic E-state index is 12.2. The van der Waals surface area contributed by atoms with Gasteiger partial charge < -0.3 is 16.0 Å². The highest BCUT2D eigenvalue weighted by Gasteiger charge is 2.37. The molecule has 0 radical (unpaired) electrons. The quantitative estimate of drug-likeness (QED) is 0.811. The molecule has 1 saturated heterocycles. The van der Waals surface area contributed by atoms with E-state index in [1.807, 2.05) is 6.92 Å². The van der Waals surface area contributed by atoms with Crippen molar-refractivity contribution in [3.8, 4) is 0 Å².